The zero-order chi connectivity index (χ0) is 17.5. The predicted octanol–water partition coefficient (Wildman–Crippen LogP) is 4.54. The number of thiophene rings is 1. The van der Waals surface area contributed by atoms with Gasteiger partial charge in [0.05, 0.1) is 4.88 Å². The zero-order valence-corrected chi connectivity index (χ0v) is 17.2. The van der Waals surface area contributed by atoms with Gasteiger partial charge >= 0.3 is 0 Å². The van der Waals surface area contributed by atoms with E-state index in [2.05, 4.69) is 40.5 Å². The number of carbonyl (C=O) groups excluding carboxylic acids is 1. The number of hydrogen-bond acceptors (Lipinski definition) is 3. The maximum atomic E-state index is 13.0. The van der Waals surface area contributed by atoms with E-state index in [1.54, 1.807) is 11.3 Å². The molecule has 1 saturated heterocycles. The lowest BCUT2D eigenvalue weighted by atomic mass is 9.91. The number of benzene rings is 1. The Balaban J connectivity index is 0.00000180. The summed E-state index contributed by atoms with van der Waals surface area (Å²) in [7, 11) is 0. The Hall–Kier alpha value is -1.36. The molecule has 1 amide bonds. The Morgan fingerprint density at radius 3 is 2.59 bits per heavy atom. The summed E-state index contributed by atoms with van der Waals surface area (Å²) in [4.78, 5) is 17.3. The number of hydrogen-bond donors (Lipinski definition) is 1. The van der Waals surface area contributed by atoms with Crippen molar-refractivity contribution < 1.29 is 4.79 Å². The molecule has 0 bridgehead atoms. The molecule has 2 fully saturated rings. The molecule has 0 unspecified atom stereocenters. The van der Waals surface area contributed by atoms with Crippen molar-refractivity contribution in [1.29, 1.82) is 0 Å². The molecule has 0 radical (unpaired) electrons. The molecule has 2 heterocycles. The van der Waals surface area contributed by atoms with E-state index in [-0.39, 0.29) is 18.3 Å². The van der Waals surface area contributed by atoms with Crippen LogP contribution in [0.1, 0.15) is 46.5 Å². The van der Waals surface area contributed by atoms with Crippen LogP contribution in [0.2, 0.25) is 0 Å². The molecule has 1 saturated carbocycles. The second kappa shape index (κ2) is 7.94. The highest BCUT2D eigenvalue weighted by molar-refractivity contribution is 7.17. The van der Waals surface area contributed by atoms with Crippen LogP contribution in [0.25, 0.3) is 10.4 Å². The maximum absolute atomic E-state index is 13.0. The summed E-state index contributed by atoms with van der Waals surface area (Å²) in [6.45, 7) is 2.95. The van der Waals surface area contributed by atoms with Crippen LogP contribution < -0.4 is 5.32 Å². The molecule has 3 aliphatic rings. The Bertz CT molecular complexity index is 821. The minimum Gasteiger partial charge on any atom is -0.338 e. The van der Waals surface area contributed by atoms with Crippen LogP contribution >= 0.6 is 23.7 Å². The van der Waals surface area contributed by atoms with E-state index in [9.17, 15) is 4.79 Å². The Morgan fingerprint density at radius 1 is 1.07 bits per heavy atom. The lowest BCUT2D eigenvalue weighted by molar-refractivity contribution is 0.0710. The van der Waals surface area contributed by atoms with E-state index in [1.165, 1.54) is 41.0 Å². The first-order chi connectivity index (χ1) is 12.8. The van der Waals surface area contributed by atoms with Crippen molar-refractivity contribution in [3.63, 3.8) is 0 Å². The molecule has 27 heavy (non-hydrogen) atoms. The van der Waals surface area contributed by atoms with E-state index in [1.807, 2.05) is 0 Å². The van der Waals surface area contributed by atoms with E-state index in [4.69, 9.17) is 0 Å². The highest BCUT2D eigenvalue weighted by atomic mass is 35.5. The van der Waals surface area contributed by atoms with Crippen LogP contribution in [0, 0.1) is 5.92 Å². The van der Waals surface area contributed by atoms with Gasteiger partial charge in [-0.15, -0.1) is 23.7 Å². The number of rotatable bonds is 4. The first-order valence-electron chi connectivity index (χ1n) is 10.0. The summed E-state index contributed by atoms with van der Waals surface area (Å²) in [5.41, 5.74) is 4.11. The van der Waals surface area contributed by atoms with Crippen LogP contribution in [0.4, 0.5) is 0 Å². The lowest BCUT2D eigenvalue weighted by Crippen LogP contribution is -2.45. The molecule has 0 spiro atoms. The van der Waals surface area contributed by atoms with Gasteiger partial charge in [-0.05, 0) is 73.7 Å². The summed E-state index contributed by atoms with van der Waals surface area (Å²) in [5, 5.41) is 3.70. The van der Waals surface area contributed by atoms with Gasteiger partial charge < -0.3 is 10.2 Å². The fourth-order valence-corrected chi connectivity index (χ4v) is 5.51. The predicted molar refractivity (Wildman–Crippen MR) is 114 cm³/mol. The highest BCUT2D eigenvalue weighted by Crippen LogP contribution is 2.40. The molecule has 0 atom stereocenters. The standard InChI is InChI=1S/C22H26N2OS.ClH/c25-22(24-11-9-18(10-12-24)23-14-15-5-6-15)20-13-17-8-7-16-3-1-2-4-19(16)21(17)26-20;/h1-4,13,15,18,23H,5-12,14H2;1H. The second-order valence-electron chi connectivity index (χ2n) is 8.04. The molecule has 5 rings (SSSR count). The van der Waals surface area contributed by atoms with Gasteiger partial charge in [0, 0.05) is 24.0 Å². The number of aryl methyl sites for hydroxylation is 2. The SMILES string of the molecule is Cl.O=C(c1cc2c(s1)-c1ccccc1CC2)N1CCC(NCC2CC2)CC1. The number of nitrogens with zero attached hydrogens (tertiary/aromatic N) is 1. The molecule has 2 aliphatic carbocycles. The molecule has 1 aromatic carbocycles. The summed E-state index contributed by atoms with van der Waals surface area (Å²) in [6.07, 6.45) is 7.13. The fourth-order valence-electron chi connectivity index (χ4n) is 4.27. The molecule has 144 valence electrons. The van der Waals surface area contributed by atoms with Crippen LogP contribution in [-0.2, 0) is 12.8 Å². The molecule has 1 aromatic heterocycles. The normalized spacial score (nSPS) is 19.2. The Kier molecular flexibility index (Phi) is 5.58. The first kappa shape index (κ1) is 19.0. The topological polar surface area (TPSA) is 32.3 Å². The molecule has 5 heteroatoms. The van der Waals surface area contributed by atoms with Gasteiger partial charge in [-0.1, -0.05) is 24.3 Å². The summed E-state index contributed by atoms with van der Waals surface area (Å²) in [6, 6.07) is 11.4. The average Bonchev–Trinajstić information content (AvgIpc) is 3.42. The number of amides is 1. The average molecular weight is 403 g/mol. The van der Waals surface area contributed by atoms with Crippen molar-refractivity contribution in [3.05, 3.63) is 46.3 Å². The molecule has 1 N–H and O–H groups in total. The third-order valence-corrected chi connectivity index (χ3v) is 7.32. The monoisotopic (exact) mass is 402 g/mol. The number of piperidine rings is 1. The van der Waals surface area contributed by atoms with E-state index < -0.39 is 0 Å². The zero-order valence-electron chi connectivity index (χ0n) is 15.6. The molecule has 3 nitrogen and oxygen atoms in total. The van der Waals surface area contributed by atoms with Crippen LogP contribution in [0.3, 0.4) is 0 Å². The molecular weight excluding hydrogens is 376 g/mol. The van der Waals surface area contributed by atoms with Crippen molar-refractivity contribution in [3.8, 4) is 10.4 Å². The Morgan fingerprint density at radius 2 is 1.81 bits per heavy atom. The van der Waals surface area contributed by atoms with Crippen molar-refractivity contribution >= 4 is 29.7 Å². The second-order valence-corrected chi connectivity index (χ2v) is 9.09. The van der Waals surface area contributed by atoms with Crippen molar-refractivity contribution in [2.75, 3.05) is 19.6 Å². The van der Waals surface area contributed by atoms with Gasteiger partial charge in [-0.2, -0.15) is 0 Å². The maximum Gasteiger partial charge on any atom is 0.263 e. The van der Waals surface area contributed by atoms with Gasteiger partial charge in [0.25, 0.3) is 5.91 Å². The smallest absolute Gasteiger partial charge is 0.263 e. The number of nitrogens with one attached hydrogen (secondary N) is 1. The largest absolute Gasteiger partial charge is 0.338 e. The number of halogens is 1. The van der Waals surface area contributed by atoms with Crippen LogP contribution in [-0.4, -0.2) is 36.5 Å². The van der Waals surface area contributed by atoms with Crippen molar-refractivity contribution in [2.24, 2.45) is 5.92 Å². The molecular formula is C22H27ClN2OS. The third-order valence-electron chi connectivity index (χ3n) is 6.12. The van der Waals surface area contributed by atoms with E-state index in [0.717, 1.165) is 49.6 Å². The fraction of sp³-hybridized carbons (Fsp3) is 0.500. The highest BCUT2D eigenvalue weighted by Gasteiger charge is 2.28. The minimum atomic E-state index is 0. The van der Waals surface area contributed by atoms with Gasteiger partial charge in [0.1, 0.15) is 0 Å². The Labute approximate surface area is 171 Å². The van der Waals surface area contributed by atoms with Gasteiger partial charge in [-0.25, -0.2) is 0 Å². The van der Waals surface area contributed by atoms with Crippen LogP contribution in [0.15, 0.2) is 30.3 Å². The van der Waals surface area contributed by atoms with E-state index >= 15 is 0 Å². The first-order valence-corrected chi connectivity index (χ1v) is 10.8. The van der Waals surface area contributed by atoms with Crippen LogP contribution in [0.5, 0.6) is 0 Å². The van der Waals surface area contributed by atoms with Gasteiger partial charge in [0.15, 0.2) is 0 Å². The van der Waals surface area contributed by atoms with Crippen molar-refractivity contribution in [1.82, 2.24) is 10.2 Å². The number of likely N-dealkylation sites (tertiary alicyclic amines) is 1. The summed E-state index contributed by atoms with van der Waals surface area (Å²) in [5.74, 6) is 1.16. The third kappa shape index (κ3) is 3.94. The lowest BCUT2D eigenvalue weighted by Gasteiger charge is -2.32. The van der Waals surface area contributed by atoms with Crippen molar-refractivity contribution in [2.45, 2.75) is 44.6 Å². The summed E-state index contributed by atoms with van der Waals surface area (Å²) >= 11 is 1.70. The molecule has 2 aromatic rings. The quantitative estimate of drug-likeness (QED) is 0.814. The summed E-state index contributed by atoms with van der Waals surface area (Å²) < 4.78 is 0. The van der Waals surface area contributed by atoms with E-state index in [0.29, 0.717) is 6.04 Å². The minimum absolute atomic E-state index is 0. The molecule has 1 aliphatic heterocycles. The van der Waals surface area contributed by atoms with Gasteiger partial charge in [-0.3, -0.25) is 4.79 Å². The van der Waals surface area contributed by atoms with Gasteiger partial charge in [0.2, 0.25) is 0 Å². The number of fused-ring (bicyclic) bond motifs is 3. The number of carbonyl (C=O) groups is 1.